The van der Waals surface area contributed by atoms with Crippen LogP contribution in [0.15, 0.2) is 48.5 Å². The Morgan fingerprint density at radius 3 is 2.61 bits per heavy atom. The summed E-state index contributed by atoms with van der Waals surface area (Å²) in [6, 6.07) is 15.3. The zero-order chi connectivity index (χ0) is 20.1. The Hall–Kier alpha value is -3.15. The van der Waals surface area contributed by atoms with E-state index in [1.807, 2.05) is 62.4 Å². The molecule has 1 aliphatic heterocycles. The fraction of sp³-hybridized carbons (Fsp3) is 0.318. The van der Waals surface area contributed by atoms with Gasteiger partial charge >= 0.3 is 5.97 Å². The predicted octanol–water partition coefficient (Wildman–Crippen LogP) is 2.83. The van der Waals surface area contributed by atoms with Crippen molar-refractivity contribution in [3.8, 4) is 0 Å². The van der Waals surface area contributed by atoms with E-state index in [0.717, 1.165) is 16.7 Å². The monoisotopic (exact) mass is 380 g/mol. The first-order valence-electron chi connectivity index (χ1n) is 9.28. The van der Waals surface area contributed by atoms with Crippen LogP contribution in [-0.2, 0) is 25.7 Å². The number of anilines is 1. The molecule has 0 bridgehead atoms. The van der Waals surface area contributed by atoms with Crippen LogP contribution >= 0.6 is 0 Å². The molecule has 1 atom stereocenters. The fourth-order valence-corrected chi connectivity index (χ4v) is 3.28. The number of carbonyl (C=O) groups is 3. The van der Waals surface area contributed by atoms with Crippen LogP contribution in [-0.4, -0.2) is 35.8 Å². The van der Waals surface area contributed by atoms with Gasteiger partial charge in [0.1, 0.15) is 0 Å². The molecule has 0 aliphatic carbocycles. The molecule has 0 aromatic heterocycles. The Bertz CT molecular complexity index is 879. The number of ether oxygens (including phenoxy) is 1. The standard InChI is InChI=1S/C22H24N2O4/c1-15-8-9-19(16(2)10-15)23-20(25)14-28-22(27)18-11-21(26)24(13-18)12-17-6-4-3-5-7-17/h3-10,18H,11-14H2,1-2H3,(H,23,25). The van der Waals surface area contributed by atoms with Crippen molar-refractivity contribution >= 4 is 23.5 Å². The van der Waals surface area contributed by atoms with Gasteiger partial charge in [0.25, 0.3) is 5.91 Å². The molecule has 1 N–H and O–H groups in total. The molecule has 0 spiro atoms. The molecular weight excluding hydrogens is 356 g/mol. The summed E-state index contributed by atoms with van der Waals surface area (Å²) in [5.41, 5.74) is 3.75. The SMILES string of the molecule is Cc1ccc(NC(=O)COC(=O)C2CC(=O)N(Cc3ccccc3)C2)c(C)c1. The Morgan fingerprint density at radius 2 is 1.89 bits per heavy atom. The van der Waals surface area contributed by atoms with Gasteiger partial charge in [0, 0.05) is 25.2 Å². The van der Waals surface area contributed by atoms with Crippen molar-refractivity contribution in [2.45, 2.75) is 26.8 Å². The first-order valence-corrected chi connectivity index (χ1v) is 9.28. The van der Waals surface area contributed by atoms with Gasteiger partial charge in [-0.1, -0.05) is 48.0 Å². The fourth-order valence-electron chi connectivity index (χ4n) is 3.28. The number of rotatable bonds is 6. The lowest BCUT2D eigenvalue weighted by molar-refractivity contribution is -0.151. The first-order chi connectivity index (χ1) is 13.4. The normalized spacial score (nSPS) is 16.1. The summed E-state index contributed by atoms with van der Waals surface area (Å²) in [5, 5.41) is 2.74. The number of hydrogen-bond donors (Lipinski definition) is 1. The lowest BCUT2D eigenvalue weighted by Gasteiger charge is -2.16. The highest BCUT2D eigenvalue weighted by Crippen LogP contribution is 2.21. The van der Waals surface area contributed by atoms with Crippen molar-refractivity contribution in [1.82, 2.24) is 4.90 Å². The van der Waals surface area contributed by atoms with Crippen LogP contribution in [0.25, 0.3) is 0 Å². The summed E-state index contributed by atoms with van der Waals surface area (Å²) < 4.78 is 5.14. The molecule has 1 aliphatic rings. The van der Waals surface area contributed by atoms with E-state index in [2.05, 4.69) is 5.32 Å². The van der Waals surface area contributed by atoms with Crippen LogP contribution < -0.4 is 5.32 Å². The van der Waals surface area contributed by atoms with E-state index in [4.69, 9.17) is 4.74 Å². The van der Waals surface area contributed by atoms with Crippen LogP contribution in [0.4, 0.5) is 5.69 Å². The first kappa shape index (κ1) is 19.6. The Morgan fingerprint density at radius 1 is 1.14 bits per heavy atom. The molecule has 146 valence electrons. The van der Waals surface area contributed by atoms with Gasteiger partial charge in [-0.15, -0.1) is 0 Å². The highest BCUT2D eigenvalue weighted by atomic mass is 16.5. The van der Waals surface area contributed by atoms with Crippen molar-refractivity contribution in [2.75, 3.05) is 18.5 Å². The third-order valence-electron chi connectivity index (χ3n) is 4.77. The van der Waals surface area contributed by atoms with E-state index >= 15 is 0 Å². The van der Waals surface area contributed by atoms with Crippen LogP contribution in [0.1, 0.15) is 23.1 Å². The van der Waals surface area contributed by atoms with Gasteiger partial charge in [-0.2, -0.15) is 0 Å². The average Bonchev–Trinajstić information content (AvgIpc) is 3.03. The molecular formula is C22H24N2O4. The molecule has 28 heavy (non-hydrogen) atoms. The third-order valence-corrected chi connectivity index (χ3v) is 4.77. The van der Waals surface area contributed by atoms with Crippen molar-refractivity contribution < 1.29 is 19.1 Å². The van der Waals surface area contributed by atoms with Gasteiger partial charge in [0.2, 0.25) is 5.91 Å². The Labute approximate surface area is 164 Å². The Balaban J connectivity index is 1.48. The number of nitrogens with zero attached hydrogens (tertiary/aromatic N) is 1. The maximum Gasteiger partial charge on any atom is 0.311 e. The van der Waals surface area contributed by atoms with E-state index < -0.39 is 17.8 Å². The van der Waals surface area contributed by atoms with Crippen LogP contribution in [0.2, 0.25) is 0 Å². The molecule has 6 heteroatoms. The minimum Gasteiger partial charge on any atom is -0.455 e. The number of esters is 1. The van der Waals surface area contributed by atoms with E-state index in [1.165, 1.54) is 0 Å². The number of nitrogens with one attached hydrogen (secondary N) is 1. The second-order valence-electron chi connectivity index (χ2n) is 7.14. The summed E-state index contributed by atoms with van der Waals surface area (Å²) in [6.07, 6.45) is 0.115. The minimum atomic E-state index is -0.537. The lowest BCUT2D eigenvalue weighted by atomic mass is 10.1. The highest BCUT2D eigenvalue weighted by molar-refractivity contribution is 5.94. The summed E-state index contributed by atoms with van der Waals surface area (Å²) in [7, 11) is 0. The molecule has 0 saturated carbocycles. The van der Waals surface area contributed by atoms with E-state index in [9.17, 15) is 14.4 Å². The number of aryl methyl sites for hydroxylation is 2. The second kappa shape index (κ2) is 8.69. The molecule has 2 aromatic rings. The van der Waals surface area contributed by atoms with Crippen LogP contribution in [0, 0.1) is 19.8 Å². The molecule has 2 amide bonds. The smallest absolute Gasteiger partial charge is 0.311 e. The summed E-state index contributed by atoms with van der Waals surface area (Å²) in [4.78, 5) is 38.2. The van der Waals surface area contributed by atoms with E-state index in [1.54, 1.807) is 4.90 Å². The zero-order valence-corrected chi connectivity index (χ0v) is 16.1. The number of carbonyl (C=O) groups excluding carboxylic acids is 3. The number of hydrogen-bond acceptors (Lipinski definition) is 4. The van der Waals surface area contributed by atoms with Crippen molar-refractivity contribution in [3.05, 3.63) is 65.2 Å². The topological polar surface area (TPSA) is 75.7 Å². The van der Waals surface area contributed by atoms with Crippen LogP contribution in [0.3, 0.4) is 0 Å². The summed E-state index contributed by atoms with van der Waals surface area (Å²) in [6.45, 7) is 4.29. The van der Waals surface area contributed by atoms with Crippen molar-refractivity contribution in [2.24, 2.45) is 5.92 Å². The predicted molar refractivity (Wildman–Crippen MR) is 105 cm³/mol. The number of amides is 2. The maximum atomic E-state index is 12.3. The summed E-state index contributed by atoms with van der Waals surface area (Å²) >= 11 is 0. The molecule has 1 saturated heterocycles. The van der Waals surface area contributed by atoms with Gasteiger partial charge < -0.3 is 15.0 Å². The minimum absolute atomic E-state index is 0.0782. The molecule has 1 unspecified atom stereocenters. The summed E-state index contributed by atoms with van der Waals surface area (Å²) in [5.74, 6) is -1.53. The van der Waals surface area contributed by atoms with E-state index in [0.29, 0.717) is 18.8 Å². The molecule has 1 heterocycles. The van der Waals surface area contributed by atoms with Crippen molar-refractivity contribution in [1.29, 1.82) is 0 Å². The van der Waals surface area contributed by atoms with Crippen LogP contribution in [0.5, 0.6) is 0 Å². The Kier molecular flexibility index (Phi) is 6.09. The highest BCUT2D eigenvalue weighted by Gasteiger charge is 2.35. The number of benzene rings is 2. The molecule has 3 rings (SSSR count). The molecule has 1 fully saturated rings. The molecule has 2 aromatic carbocycles. The quantitative estimate of drug-likeness (QED) is 0.782. The third kappa shape index (κ3) is 4.97. The van der Waals surface area contributed by atoms with Gasteiger partial charge in [-0.05, 0) is 31.0 Å². The lowest BCUT2D eigenvalue weighted by Crippen LogP contribution is -2.28. The second-order valence-corrected chi connectivity index (χ2v) is 7.14. The molecule has 0 radical (unpaired) electrons. The molecule has 6 nitrogen and oxygen atoms in total. The number of likely N-dealkylation sites (tertiary alicyclic amines) is 1. The van der Waals surface area contributed by atoms with Gasteiger partial charge in [-0.3, -0.25) is 14.4 Å². The van der Waals surface area contributed by atoms with Gasteiger partial charge in [-0.25, -0.2) is 0 Å². The average molecular weight is 380 g/mol. The van der Waals surface area contributed by atoms with Crippen molar-refractivity contribution in [3.63, 3.8) is 0 Å². The van der Waals surface area contributed by atoms with Gasteiger partial charge in [0.05, 0.1) is 5.92 Å². The van der Waals surface area contributed by atoms with E-state index in [-0.39, 0.29) is 18.9 Å². The van der Waals surface area contributed by atoms with Gasteiger partial charge in [0.15, 0.2) is 6.61 Å². The zero-order valence-electron chi connectivity index (χ0n) is 16.1. The maximum absolute atomic E-state index is 12.3. The largest absolute Gasteiger partial charge is 0.455 e.